The molecule has 1 heterocycles. The highest BCUT2D eigenvalue weighted by atomic mass is 16.6. The molecule has 0 aromatic heterocycles. The number of nitrogens with one attached hydrogen (secondary N) is 2. The van der Waals surface area contributed by atoms with Gasteiger partial charge in [-0.15, -0.1) is 0 Å². The molecule has 0 spiro atoms. The lowest BCUT2D eigenvalue weighted by molar-refractivity contribution is -0.384. The van der Waals surface area contributed by atoms with E-state index in [1.54, 1.807) is 19.9 Å². The van der Waals surface area contributed by atoms with E-state index < -0.39 is 28.6 Å². The van der Waals surface area contributed by atoms with Crippen molar-refractivity contribution >= 4 is 17.3 Å². The molecular weight excluding hydrogens is 374 g/mol. The largest absolute Gasteiger partial charge is 0.482 e. The Morgan fingerprint density at radius 2 is 1.93 bits per heavy atom. The second-order valence-electron chi connectivity index (χ2n) is 7.63. The molecule has 0 aliphatic carbocycles. The summed E-state index contributed by atoms with van der Waals surface area (Å²) in [5.74, 6) is -0.232. The van der Waals surface area contributed by atoms with Crippen molar-refractivity contribution in [2.24, 2.45) is 0 Å². The third-order valence-corrected chi connectivity index (χ3v) is 5.01. The normalized spacial score (nSPS) is 19.7. The van der Waals surface area contributed by atoms with E-state index in [1.807, 2.05) is 30.3 Å². The van der Waals surface area contributed by atoms with Crippen molar-refractivity contribution < 1.29 is 19.6 Å². The van der Waals surface area contributed by atoms with Crippen LogP contribution in [0.2, 0.25) is 0 Å². The standard InChI is InChI=1S/C21H25N3O5/c1-13(25)23-18-16(24(27)28)10-9-15-17(20(26)21(2,3)29-19(15)18)22-12-11-14-7-5-4-6-8-14/h4-10,17,20,22,26H,11-12H2,1-3H3,(H,23,25). The second-order valence-corrected chi connectivity index (χ2v) is 7.63. The average molecular weight is 399 g/mol. The fourth-order valence-electron chi connectivity index (χ4n) is 3.53. The van der Waals surface area contributed by atoms with E-state index in [4.69, 9.17) is 4.74 Å². The van der Waals surface area contributed by atoms with Crippen LogP contribution in [0.3, 0.4) is 0 Å². The summed E-state index contributed by atoms with van der Waals surface area (Å²) in [6.45, 7) is 5.29. The number of ether oxygens (including phenoxy) is 1. The summed E-state index contributed by atoms with van der Waals surface area (Å²) in [7, 11) is 0. The van der Waals surface area contributed by atoms with Gasteiger partial charge in [-0.25, -0.2) is 0 Å². The Hall–Kier alpha value is -2.97. The molecule has 154 valence electrons. The Morgan fingerprint density at radius 1 is 1.24 bits per heavy atom. The number of nitro benzene ring substituents is 1. The molecule has 29 heavy (non-hydrogen) atoms. The summed E-state index contributed by atoms with van der Waals surface area (Å²) in [6.07, 6.45) is -0.135. The summed E-state index contributed by atoms with van der Waals surface area (Å²) in [5, 5.41) is 28.2. The van der Waals surface area contributed by atoms with Gasteiger partial charge in [0.2, 0.25) is 5.91 Å². The fraction of sp³-hybridized carbons (Fsp3) is 0.381. The van der Waals surface area contributed by atoms with E-state index >= 15 is 0 Å². The first-order valence-corrected chi connectivity index (χ1v) is 9.44. The number of carbonyl (C=O) groups is 1. The van der Waals surface area contributed by atoms with E-state index in [-0.39, 0.29) is 17.1 Å². The minimum absolute atomic E-state index is 0.00911. The first-order valence-electron chi connectivity index (χ1n) is 9.44. The van der Waals surface area contributed by atoms with Crippen LogP contribution in [0.5, 0.6) is 5.75 Å². The molecule has 0 saturated carbocycles. The van der Waals surface area contributed by atoms with E-state index in [1.165, 1.54) is 13.0 Å². The van der Waals surface area contributed by atoms with Gasteiger partial charge < -0.3 is 20.5 Å². The first-order chi connectivity index (χ1) is 13.7. The van der Waals surface area contributed by atoms with Crippen molar-refractivity contribution in [1.29, 1.82) is 0 Å². The zero-order valence-electron chi connectivity index (χ0n) is 16.6. The predicted molar refractivity (Wildman–Crippen MR) is 109 cm³/mol. The Bertz CT molecular complexity index is 914. The second kappa shape index (κ2) is 8.18. The van der Waals surface area contributed by atoms with E-state index in [0.717, 1.165) is 12.0 Å². The van der Waals surface area contributed by atoms with Crippen LogP contribution < -0.4 is 15.4 Å². The van der Waals surface area contributed by atoms with Crippen molar-refractivity contribution in [3.8, 4) is 5.75 Å². The van der Waals surface area contributed by atoms with Crippen molar-refractivity contribution in [3.63, 3.8) is 0 Å². The Morgan fingerprint density at radius 3 is 2.55 bits per heavy atom. The van der Waals surface area contributed by atoms with Gasteiger partial charge in [0, 0.05) is 18.6 Å². The number of nitro groups is 1. The molecule has 2 aromatic carbocycles. The molecule has 1 aliphatic rings. The molecule has 3 N–H and O–H groups in total. The number of amides is 1. The maximum Gasteiger partial charge on any atom is 0.296 e. The first kappa shape index (κ1) is 20.8. The van der Waals surface area contributed by atoms with Gasteiger partial charge in [0.25, 0.3) is 5.69 Å². The lowest BCUT2D eigenvalue weighted by Crippen LogP contribution is -2.53. The molecule has 1 aliphatic heterocycles. The number of hydrogen-bond donors (Lipinski definition) is 3. The number of aliphatic hydroxyl groups is 1. The van der Waals surface area contributed by atoms with Crippen molar-refractivity contribution in [3.05, 3.63) is 63.7 Å². The molecule has 0 radical (unpaired) electrons. The van der Waals surface area contributed by atoms with Gasteiger partial charge >= 0.3 is 0 Å². The SMILES string of the molecule is CC(=O)Nc1c([N+](=O)[O-])ccc2c1OC(C)(C)C(O)C2NCCc1ccccc1. The molecule has 2 unspecified atom stereocenters. The van der Waals surface area contributed by atoms with Crippen LogP contribution in [0, 0.1) is 10.1 Å². The van der Waals surface area contributed by atoms with Crippen LogP contribution in [0.15, 0.2) is 42.5 Å². The molecule has 0 fully saturated rings. The van der Waals surface area contributed by atoms with Crippen molar-refractivity contribution in [2.45, 2.75) is 44.9 Å². The van der Waals surface area contributed by atoms with Gasteiger partial charge in [0.05, 0.1) is 11.0 Å². The molecule has 2 aromatic rings. The lowest BCUT2D eigenvalue weighted by Gasteiger charge is -2.43. The molecule has 8 nitrogen and oxygen atoms in total. The Labute approximate surface area is 169 Å². The molecular formula is C21H25N3O5. The van der Waals surface area contributed by atoms with Gasteiger partial charge in [-0.05, 0) is 38.4 Å². The molecule has 8 heteroatoms. The van der Waals surface area contributed by atoms with Gasteiger partial charge in [0.15, 0.2) is 11.4 Å². The van der Waals surface area contributed by atoms with Gasteiger partial charge in [-0.2, -0.15) is 0 Å². The number of carbonyl (C=O) groups excluding carboxylic acids is 1. The maximum absolute atomic E-state index is 11.7. The van der Waals surface area contributed by atoms with Gasteiger partial charge in [-0.1, -0.05) is 30.3 Å². The Balaban J connectivity index is 1.96. The van der Waals surface area contributed by atoms with Crippen LogP contribution in [0.1, 0.15) is 37.9 Å². The third-order valence-electron chi connectivity index (χ3n) is 5.01. The zero-order valence-corrected chi connectivity index (χ0v) is 16.6. The van der Waals surface area contributed by atoms with Crippen LogP contribution in [0.25, 0.3) is 0 Å². The van der Waals surface area contributed by atoms with Crippen LogP contribution in [0.4, 0.5) is 11.4 Å². The number of fused-ring (bicyclic) bond motifs is 1. The molecule has 0 bridgehead atoms. The predicted octanol–water partition coefficient (Wildman–Crippen LogP) is 2.96. The summed E-state index contributed by atoms with van der Waals surface area (Å²) in [4.78, 5) is 22.5. The smallest absolute Gasteiger partial charge is 0.296 e. The monoisotopic (exact) mass is 399 g/mol. The number of rotatable bonds is 6. The number of anilines is 1. The summed E-state index contributed by atoms with van der Waals surface area (Å²) >= 11 is 0. The summed E-state index contributed by atoms with van der Waals surface area (Å²) in [6, 6.07) is 12.3. The lowest BCUT2D eigenvalue weighted by atomic mass is 9.85. The molecule has 2 atom stereocenters. The van der Waals surface area contributed by atoms with Gasteiger partial charge in [0.1, 0.15) is 11.7 Å². The Kier molecular flexibility index (Phi) is 5.86. The highest BCUT2D eigenvalue weighted by Gasteiger charge is 2.45. The van der Waals surface area contributed by atoms with E-state index in [2.05, 4.69) is 10.6 Å². The van der Waals surface area contributed by atoms with E-state index in [9.17, 15) is 20.0 Å². The summed E-state index contributed by atoms with van der Waals surface area (Å²) < 4.78 is 5.94. The van der Waals surface area contributed by atoms with Crippen LogP contribution >= 0.6 is 0 Å². The summed E-state index contributed by atoms with van der Waals surface area (Å²) in [5.41, 5.74) is 0.465. The van der Waals surface area contributed by atoms with Crippen molar-refractivity contribution in [1.82, 2.24) is 5.32 Å². The minimum atomic E-state index is -1.01. The highest BCUT2D eigenvalue weighted by Crippen LogP contribution is 2.47. The third kappa shape index (κ3) is 4.38. The maximum atomic E-state index is 11.7. The van der Waals surface area contributed by atoms with E-state index in [0.29, 0.717) is 12.1 Å². The molecule has 0 saturated heterocycles. The highest BCUT2D eigenvalue weighted by molar-refractivity contribution is 5.94. The van der Waals surface area contributed by atoms with Crippen LogP contribution in [-0.2, 0) is 11.2 Å². The van der Waals surface area contributed by atoms with Crippen LogP contribution in [-0.4, -0.2) is 34.2 Å². The number of benzene rings is 2. The average Bonchev–Trinajstić information content (AvgIpc) is 2.65. The quantitative estimate of drug-likeness (QED) is 0.508. The number of hydrogen-bond acceptors (Lipinski definition) is 6. The molecule has 1 amide bonds. The number of aliphatic hydroxyl groups excluding tert-OH is 1. The van der Waals surface area contributed by atoms with Crippen molar-refractivity contribution in [2.75, 3.05) is 11.9 Å². The number of nitrogens with zero attached hydrogens (tertiary/aromatic N) is 1. The minimum Gasteiger partial charge on any atom is -0.482 e. The fourth-order valence-corrected chi connectivity index (χ4v) is 3.53. The zero-order chi connectivity index (χ0) is 21.2. The molecule has 3 rings (SSSR count). The van der Waals surface area contributed by atoms with Gasteiger partial charge in [-0.3, -0.25) is 14.9 Å². The topological polar surface area (TPSA) is 114 Å².